The van der Waals surface area contributed by atoms with E-state index in [9.17, 15) is 0 Å². The molecule has 0 unspecified atom stereocenters. The van der Waals surface area contributed by atoms with Crippen molar-refractivity contribution < 1.29 is 0 Å². The highest BCUT2D eigenvalue weighted by Crippen LogP contribution is 2.14. The van der Waals surface area contributed by atoms with Gasteiger partial charge in [-0.2, -0.15) is 0 Å². The molecule has 0 aliphatic carbocycles. The van der Waals surface area contributed by atoms with E-state index in [1.165, 1.54) is 18.7 Å². The molecule has 2 rings (SSSR count). The summed E-state index contributed by atoms with van der Waals surface area (Å²) in [6.07, 6.45) is 5.65. The van der Waals surface area contributed by atoms with Gasteiger partial charge in [-0.15, -0.1) is 24.0 Å². The van der Waals surface area contributed by atoms with Crippen LogP contribution >= 0.6 is 24.0 Å². The molecular formula is C13H22IN5. The summed E-state index contributed by atoms with van der Waals surface area (Å²) in [7, 11) is 0. The molecule has 2 heterocycles. The van der Waals surface area contributed by atoms with E-state index in [0.29, 0.717) is 19.0 Å². The number of nitrogens with one attached hydrogen (secondary N) is 1. The predicted molar refractivity (Wildman–Crippen MR) is 88.7 cm³/mol. The van der Waals surface area contributed by atoms with Crippen molar-refractivity contribution in [1.29, 1.82) is 0 Å². The highest BCUT2D eigenvalue weighted by atomic mass is 127. The minimum absolute atomic E-state index is 0. The van der Waals surface area contributed by atoms with Gasteiger partial charge in [-0.1, -0.05) is 12.2 Å². The van der Waals surface area contributed by atoms with Crippen molar-refractivity contribution in [3.05, 3.63) is 29.9 Å². The largest absolute Gasteiger partial charge is 0.370 e. The number of aromatic nitrogens is 2. The monoisotopic (exact) mass is 375 g/mol. The Morgan fingerprint density at radius 2 is 2.37 bits per heavy atom. The molecule has 0 atom stereocenters. The lowest BCUT2D eigenvalue weighted by Crippen LogP contribution is -2.32. The number of nitrogens with zero attached hydrogens (tertiary/aromatic N) is 3. The minimum atomic E-state index is 0. The lowest BCUT2D eigenvalue weighted by atomic mass is 10.2. The molecule has 6 heteroatoms. The normalized spacial score (nSPS) is 14.5. The van der Waals surface area contributed by atoms with Crippen LogP contribution in [0.25, 0.3) is 0 Å². The molecule has 0 saturated carbocycles. The maximum atomic E-state index is 5.76. The number of aliphatic imine (C=N–C) groups is 1. The summed E-state index contributed by atoms with van der Waals surface area (Å²) in [4.78, 5) is 8.85. The molecule has 0 bridgehead atoms. The molecule has 0 radical (unpaired) electrons. The molecule has 3 N–H and O–H groups in total. The number of imidazole rings is 1. The van der Waals surface area contributed by atoms with Crippen LogP contribution in [-0.4, -0.2) is 22.1 Å². The summed E-state index contributed by atoms with van der Waals surface area (Å²) in [6.45, 7) is 8.03. The number of rotatable bonds is 4. The van der Waals surface area contributed by atoms with Crippen LogP contribution in [0.15, 0.2) is 23.3 Å². The third-order valence-electron chi connectivity index (χ3n) is 2.94. The van der Waals surface area contributed by atoms with Gasteiger partial charge in [0.15, 0.2) is 5.96 Å². The van der Waals surface area contributed by atoms with Crippen LogP contribution in [0.2, 0.25) is 0 Å². The number of nitrogens with two attached hydrogens (primary N) is 1. The molecule has 5 nitrogen and oxygen atoms in total. The fourth-order valence-electron chi connectivity index (χ4n) is 2.01. The summed E-state index contributed by atoms with van der Waals surface area (Å²) in [5.41, 5.74) is 7.78. The lowest BCUT2D eigenvalue weighted by molar-refractivity contribution is 0.522. The van der Waals surface area contributed by atoms with Crippen LogP contribution in [0, 0.1) is 0 Å². The topological polar surface area (TPSA) is 68.2 Å². The Hall–Kier alpha value is -1.05. The van der Waals surface area contributed by atoms with Gasteiger partial charge in [-0.25, -0.2) is 9.98 Å². The first-order valence-corrected chi connectivity index (χ1v) is 6.38. The van der Waals surface area contributed by atoms with Crippen LogP contribution in [0.5, 0.6) is 0 Å². The average molecular weight is 375 g/mol. The summed E-state index contributed by atoms with van der Waals surface area (Å²) >= 11 is 0. The first kappa shape index (κ1) is 16.0. The summed E-state index contributed by atoms with van der Waals surface area (Å²) in [5.74, 6) is 1.63. The third-order valence-corrected chi connectivity index (χ3v) is 2.94. The molecule has 1 aliphatic heterocycles. The molecule has 19 heavy (non-hydrogen) atoms. The van der Waals surface area contributed by atoms with Crippen molar-refractivity contribution in [3.8, 4) is 0 Å². The van der Waals surface area contributed by atoms with Crippen LogP contribution < -0.4 is 11.1 Å². The van der Waals surface area contributed by atoms with Crippen LogP contribution in [0.3, 0.4) is 0 Å². The van der Waals surface area contributed by atoms with E-state index in [1.54, 1.807) is 0 Å². The van der Waals surface area contributed by atoms with Gasteiger partial charge in [0.05, 0.1) is 12.2 Å². The van der Waals surface area contributed by atoms with E-state index in [1.807, 2.05) is 6.92 Å². The smallest absolute Gasteiger partial charge is 0.189 e. The number of hydrogen-bond donors (Lipinski definition) is 2. The van der Waals surface area contributed by atoms with Crippen molar-refractivity contribution in [3.63, 3.8) is 0 Å². The number of hydrogen-bond acceptors (Lipinski definition) is 2. The zero-order chi connectivity index (χ0) is 13.0. The summed E-state index contributed by atoms with van der Waals surface area (Å²) in [6, 6.07) is 0. The number of halogens is 1. The molecule has 0 saturated heterocycles. The van der Waals surface area contributed by atoms with E-state index in [2.05, 4.69) is 32.6 Å². The molecule has 0 fully saturated rings. The van der Waals surface area contributed by atoms with E-state index in [-0.39, 0.29) is 24.0 Å². The van der Waals surface area contributed by atoms with Crippen molar-refractivity contribution in [2.24, 2.45) is 10.7 Å². The highest BCUT2D eigenvalue weighted by Gasteiger charge is 2.11. The fourth-order valence-corrected chi connectivity index (χ4v) is 2.01. The van der Waals surface area contributed by atoms with Gasteiger partial charge in [0.25, 0.3) is 0 Å². The van der Waals surface area contributed by atoms with Gasteiger partial charge < -0.3 is 15.6 Å². The number of guanidine groups is 1. The Balaban J connectivity index is 0.00000180. The van der Waals surface area contributed by atoms with Gasteiger partial charge in [0.1, 0.15) is 5.82 Å². The van der Waals surface area contributed by atoms with Gasteiger partial charge >= 0.3 is 0 Å². The second kappa shape index (κ2) is 7.52. The lowest BCUT2D eigenvalue weighted by Gasteiger charge is -2.11. The van der Waals surface area contributed by atoms with Crippen LogP contribution in [0.4, 0.5) is 0 Å². The van der Waals surface area contributed by atoms with E-state index in [4.69, 9.17) is 5.73 Å². The zero-order valence-corrected chi connectivity index (χ0v) is 13.7. The van der Waals surface area contributed by atoms with E-state index >= 15 is 0 Å². The molecule has 0 amide bonds. The molecule has 1 aromatic rings. The molecule has 1 aromatic heterocycles. The molecule has 0 aromatic carbocycles. The SMILES string of the molecule is C=C(C)CNC(N)=NCc1cn2c(n1)CCCC2.I. The van der Waals surface area contributed by atoms with Crippen molar-refractivity contribution in [2.75, 3.05) is 6.54 Å². The van der Waals surface area contributed by atoms with Crippen LogP contribution in [-0.2, 0) is 19.5 Å². The second-order valence-corrected chi connectivity index (χ2v) is 4.81. The van der Waals surface area contributed by atoms with Gasteiger partial charge in [-0.3, -0.25) is 0 Å². The molecule has 0 spiro atoms. The van der Waals surface area contributed by atoms with Crippen molar-refractivity contribution in [2.45, 2.75) is 39.3 Å². The standard InChI is InChI=1S/C13H21N5.HI/c1-10(2)7-15-13(14)16-8-11-9-18-6-4-3-5-12(18)17-11;/h9H,1,3-8H2,2H3,(H3,14,15,16);1H. The van der Waals surface area contributed by atoms with Gasteiger partial charge in [0, 0.05) is 25.7 Å². The van der Waals surface area contributed by atoms with E-state index in [0.717, 1.165) is 24.2 Å². The third kappa shape index (κ3) is 4.85. The minimum Gasteiger partial charge on any atom is -0.370 e. The number of aryl methyl sites for hydroxylation is 2. The molecule has 106 valence electrons. The Labute approximate surface area is 131 Å². The number of fused-ring (bicyclic) bond motifs is 1. The maximum Gasteiger partial charge on any atom is 0.189 e. The molecule has 1 aliphatic rings. The quantitative estimate of drug-likeness (QED) is 0.365. The maximum absolute atomic E-state index is 5.76. The predicted octanol–water partition coefficient (Wildman–Crippen LogP) is 1.82. The Morgan fingerprint density at radius 3 is 3.05 bits per heavy atom. The first-order valence-electron chi connectivity index (χ1n) is 6.38. The molecular weight excluding hydrogens is 353 g/mol. The van der Waals surface area contributed by atoms with Gasteiger partial charge in [-0.05, 0) is 19.8 Å². The highest BCUT2D eigenvalue weighted by molar-refractivity contribution is 14.0. The zero-order valence-electron chi connectivity index (χ0n) is 11.4. The van der Waals surface area contributed by atoms with Crippen LogP contribution in [0.1, 0.15) is 31.3 Å². The summed E-state index contributed by atoms with van der Waals surface area (Å²) in [5, 5.41) is 3.01. The average Bonchev–Trinajstić information content (AvgIpc) is 2.76. The Kier molecular flexibility index (Phi) is 6.33. The first-order chi connectivity index (χ1) is 8.65. The van der Waals surface area contributed by atoms with Crippen molar-refractivity contribution >= 4 is 29.9 Å². The van der Waals surface area contributed by atoms with Gasteiger partial charge in [0.2, 0.25) is 0 Å². The fraction of sp³-hybridized carbons (Fsp3) is 0.538. The Bertz CT molecular complexity index is 440. The summed E-state index contributed by atoms with van der Waals surface area (Å²) < 4.78 is 2.23. The van der Waals surface area contributed by atoms with Crippen molar-refractivity contribution in [1.82, 2.24) is 14.9 Å². The Morgan fingerprint density at radius 1 is 1.58 bits per heavy atom. The second-order valence-electron chi connectivity index (χ2n) is 4.81. The van der Waals surface area contributed by atoms with E-state index < -0.39 is 0 Å².